The molecule has 2 fully saturated rings. The molecule has 0 aliphatic heterocycles. The number of rotatable bonds is 0. The molecule has 0 amide bonds. The smallest absolute Gasteiger partial charge is 0.00865 e. The molecule has 10 bridgehead atoms. The highest BCUT2D eigenvalue weighted by Crippen LogP contribution is 2.54. The molecular weight excluding hydrogens is 432 g/mol. The van der Waals surface area contributed by atoms with Crippen LogP contribution in [0.4, 0.5) is 0 Å². The third-order valence-electron chi connectivity index (χ3n) is 10.1. The van der Waals surface area contributed by atoms with Crippen LogP contribution in [-0.4, -0.2) is 0 Å². The van der Waals surface area contributed by atoms with E-state index in [0.29, 0.717) is 23.7 Å². The van der Waals surface area contributed by atoms with Crippen molar-refractivity contribution in [1.82, 2.24) is 0 Å². The minimum atomic E-state index is 0.589. The van der Waals surface area contributed by atoms with Crippen molar-refractivity contribution in [3.63, 3.8) is 0 Å². The Morgan fingerprint density at radius 3 is 1.25 bits per heavy atom. The van der Waals surface area contributed by atoms with E-state index in [1.54, 1.807) is 11.1 Å². The molecule has 36 heavy (non-hydrogen) atoms. The lowest BCUT2D eigenvalue weighted by Gasteiger charge is -2.39. The first-order valence-corrected chi connectivity index (χ1v) is 13.7. The summed E-state index contributed by atoms with van der Waals surface area (Å²) in [4.78, 5) is 0. The first kappa shape index (κ1) is 19.5. The number of fused-ring (bicyclic) bond motifs is 8. The van der Waals surface area contributed by atoms with Gasteiger partial charge in [-0.15, -0.1) is 0 Å². The summed E-state index contributed by atoms with van der Waals surface area (Å²) in [5, 5.41) is 11.4. The van der Waals surface area contributed by atoms with Crippen molar-refractivity contribution >= 4 is 43.1 Å². The van der Waals surface area contributed by atoms with Crippen LogP contribution in [0.5, 0.6) is 0 Å². The Morgan fingerprint density at radius 1 is 0.361 bits per heavy atom. The standard InChI is InChI=1S/C36H28/c1-3-27-31-13-11-21-7-9-23(19-35(21)29(31)5-1)25-15-16-26(25)24-10-8-22-12-14-32-28(34-18-17-33(27)34)4-2-6-30(32)36(22)20-24/h1-14,19-20,25-26,33-34H,15-18H2/t25-,26+,33+,34-. The third-order valence-corrected chi connectivity index (χ3v) is 10.1. The molecule has 6 aromatic rings. The van der Waals surface area contributed by atoms with Gasteiger partial charge in [-0.1, -0.05) is 97.1 Å². The Labute approximate surface area is 211 Å². The summed E-state index contributed by atoms with van der Waals surface area (Å²) in [5.74, 6) is 2.40. The van der Waals surface area contributed by atoms with E-state index < -0.39 is 0 Å². The van der Waals surface area contributed by atoms with Crippen LogP contribution in [-0.2, 0) is 0 Å². The fourth-order valence-electron chi connectivity index (χ4n) is 7.91. The molecule has 0 saturated heterocycles. The zero-order valence-electron chi connectivity index (χ0n) is 20.4. The van der Waals surface area contributed by atoms with Gasteiger partial charge in [0.05, 0.1) is 0 Å². The number of benzene rings is 6. The van der Waals surface area contributed by atoms with Crippen molar-refractivity contribution in [1.29, 1.82) is 0 Å². The molecule has 0 nitrogen and oxygen atoms in total. The van der Waals surface area contributed by atoms with Gasteiger partial charge in [-0.2, -0.15) is 0 Å². The zero-order chi connectivity index (χ0) is 23.4. The highest BCUT2D eigenvalue weighted by Gasteiger charge is 2.36. The summed E-state index contributed by atoms with van der Waals surface area (Å²) in [5.41, 5.74) is 6.13. The van der Waals surface area contributed by atoms with Gasteiger partial charge in [0.1, 0.15) is 0 Å². The van der Waals surface area contributed by atoms with E-state index in [-0.39, 0.29) is 0 Å². The number of hydrogen-bond acceptors (Lipinski definition) is 0. The predicted molar refractivity (Wildman–Crippen MR) is 152 cm³/mol. The average molecular weight is 461 g/mol. The maximum Gasteiger partial charge on any atom is -0.00865 e. The van der Waals surface area contributed by atoms with E-state index in [1.165, 1.54) is 79.9 Å². The maximum absolute atomic E-state index is 2.53. The Kier molecular flexibility index (Phi) is 3.79. The van der Waals surface area contributed by atoms with Gasteiger partial charge in [0, 0.05) is 0 Å². The van der Waals surface area contributed by atoms with E-state index in [2.05, 4.69) is 97.1 Å². The van der Waals surface area contributed by atoms with Crippen LogP contribution in [0.2, 0.25) is 0 Å². The maximum atomic E-state index is 2.53. The first-order chi connectivity index (χ1) is 17.8. The molecule has 0 heterocycles. The van der Waals surface area contributed by atoms with E-state index in [0.717, 1.165) is 0 Å². The fourth-order valence-corrected chi connectivity index (χ4v) is 7.91. The van der Waals surface area contributed by atoms with E-state index >= 15 is 0 Å². The lowest BCUT2D eigenvalue weighted by atomic mass is 9.65. The monoisotopic (exact) mass is 460 g/mol. The topological polar surface area (TPSA) is 0 Å². The van der Waals surface area contributed by atoms with Gasteiger partial charge in [0.2, 0.25) is 0 Å². The molecule has 0 aromatic heterocycles. The Hall–Kier alpha value is -3.64. The molecule has 3 aliphatic rings. The van der Waals surface area contributed by atoms with Gasteiger partial charge < -0.3 is 0 Å². The highest BCUT2D eigenvalue weighted by molar-refractivity contribution is 6.10. The van der Waals surface area contributed by atoms with Gasteiger partial charge in [-0.25, -0.2) is 0 Å². The third kappa shape index (κ3) is 2.50. The van der Waals surface area contributed by atoms with E-state index in [1.807, 2.05) is 0 Å². The summed E-state index contributed by atoms with van der Waals surface area (Å²) < 4.78 is 0. The SMILES string of the molecule is c1cc2c3ccc4ccc(cc4c3c1)[C@@H]1CC[C@@H]1c1ccc3ccc4c(cccc4c3c1)[C@@H]1CC[C@H]21. The van der Waals surface area contributed by atoms with Crippen LogP contribution < -0.4 is 0 Å². The minimum absolute atomic E-state index is 0.589. The molecule has 0 spiro atoms. The van der Waals surface area contributed by atoms with Crippen LogP contribution in [0.25, 0.3) is 43.1 Å². The summed E-state index contributed by atoms with van der Waals surface area (Å²) >= 11 is 0. The lowest BCUT2D eigenvalue weighted by Crippen LogP contribution is -2.22. The van der Waals surface area contributed by atoms with Crippen molar-refractivity contribution in [2.45, 2.75) is 49.4 Å². The largest absolute Gasteiger partial charge is 0.0613 e. The molecule has 4 atom stereocenters. The Morgan fingerprint density at radius 2 is 0.806 bits per heavy atom. The van der Waals surface area contributed by atoms with Crippen molar-refractivity contribution in [3.8, 4) is 0 Å². The Balaban J connectivity index is 1.40. The second kappa shape index (κ2) is 6.98. The molecular formula is C36H28. The van der Waals surface area contributed by atoms with Crippen molar-refractivity contribution < 1.29 is 0 Å². The minimum Gasteiger partial charge on any atom is -0.0613 e. The number of hydrogen-bond donors (Lipinski definition) is 0. The van der Waals surface area contributed by atoms with Gasteiger partial charge in [-0.05, 0) is 115 Å². The molecule has 0 heteroatoms. The van der Waals surface area contributed by atoms with E-state index in [9.17, 15) is 0 Å². The first-order valence-electron chi connectivity index (χ1n) is 13.7. The van der Waals surface area contributed by atoms with Crippen LogP contribution >= 0.6 is 0 Å². The molecule has 0 unspecified atom stereocenters. The second-order valence-corrected chi connectivity index (χ2v) is 11.6. The average Bonchev–Trinajstić information content (AvgIpc) is 2.87. The molecule has 0 radical (unpaired) electrons. The van der Waals surface area contributed by atoms with Crippen molar-refractivity contribution in [2.24, 2.45) is 0 Å². The van der Waals surface area contributed by atoms with Crippen molar-refractivity contribution in [2.75, 3.05) is 0 Å². The summed E-state index contributed by atoms with van der Waals surface area (Å²) in [6.07, 6.45) is 5.13. The van der Waals surface area contributed by atoms with Crippen LogP contribution in [0.3, 0.4) is 0 Å². The highest BCUT2D eigenvalue weighted by atomic mass is 14.4. The summed E-state index contributed by atoms with van der Waals surface area (Å²) in [6.45, 7) is 0. The van der Waals surface area contributed by atoms with Crippen LogP contribution in [0.1, 0.15) is 71.6 Å². The Bertz CT molecular complexity index is 1730. The molecule has 9 rings (SSSR count). The molecule has 3 aliphatic carbocycles. The van der Waals surface area contributed by atoms with E-state index in [4.69, 9.17) is 0 Å². The summed E-state index contributed by atoms with van der Waals surface area (Å²) in [7, 11) is 0. The molecule has 0 N–H and O–H groups in total. The van der Waals surface area contributed by atoms with Gasteiger partial charge >= 0.3 is 0 Å². The predicted octanol–water partition coefficient (Wildman–Crippen LogP) is 9.94. The molecule has 2 saturated carbocycles. The van der Waals surface area contributed by atoms with Gasteiger partial charge in [0.15, 0.2) is 0 Å². The van der Waals surface area contributed by atoms with Gasteiger partial charge in [0.25, 0.3) is 0 Å². The second-order valence-electron chi connectivity index (χ2n) is 11.6. The molecule has 6 aromatic carbocycles. The lowest BCUT2D eigenvalue weighted by molar-refractivity contribution is 0.347. The quantitative estimate of drug-likeness (QED) is 0.198. The normalized spacial score (nSPS) is 24.2. The van der Waals surface area contributed by atoms with Crippen LogP contribution in [0.15, 0.2) is 97.1 Å². The van der Waals surface area contributed by atoms with Crippen molar-refractivity contribution in [3.05, 3.63) is 119 Å². The van der Waals surface area contributed by atoms with Crippen LogP contribution in [0, 0.1) is 0 Å². The zero-order valence-corrected chi connectivity index (χ0v) is 20.4. The fraction of sp³-hybridized carbons (Fsp3) is 0.222. The molecule has 172 valence electrons. The van der Waals surface area contributed by atoms with Gasteiger partial charge in [-0.3, -0.25) is 0 Å². The summed E-state index contributed by atoms with van der Waals surface area (Å²) in [6, 6.07) is 38.3.